The van der Waals surface area contributed by atoms with Crippen LogP contribution in [0.5, 0.6) is 17.4 Å². The molecule has 0 bridgehead atoms. The van der Waals surface area contributed by atoms with Crippen molar-refractivity contribution in [1.29, 1.82) is 0 Å². The molecule has 2 aromatic rings. The summed E-state index contributed by atoms with van der Waals surface area (Å²) < 4.78 is 18.5. The first-order valence-electron chi connectivity index (χ1n) is 8.33. The van der Waals surface area contributed by atoms with Gasteiger partial charge in [0, 0.05) is 19.6 Å². The molecule has 24 heavy (non-hydrogen) atoms. The van der Waals surface area contributed by atoms with Crippen LogP contribution < -0.4 is 19.5 Å². The van der Waals surface area contributed by atoms with Crippen LogP contribution >= 0.6 is 0 Å². The summed E-state index contributed by atoms with van der Waals surface area (Å²) in [6.45, 7) is 6.09. The quantitative estimate of drug-likeness (QED) is 0.882. The fourth-order valence-corrected chi connectivity index (χ4v) is 3.14. The Hall–Kier alpha value is -2.21. The van der Waals surface area contributed by atoms with E-state index in [0.29, 0.717) is 19.8 Å². The van der Waals surface area contributed by atoms with E-state index in [2.05, 4.69) is 29.5 Å². The van der Waals surface area contributed by atoms with Crippen LogP contribution in [-0.2, 0) is 13.6 Å². The Labute approximate surface area is 142 Å². The summed E-state index contributed by atoms with van der Waals surface area (Å²) in [5, 5.41) is 8.04. The molecule has 1 aliphatic heterocycles. The van der Waals surface area contributed by atoms with Crippen molar-refractivity contribution in [2.45, 2.75) is 32.9 Å². The lowest BCUT2D eigenvalue weighted by atomic mass is 10.0. The molecular formula is C18H25N3O3. The van der Waals surface area contributed by atoms with Gasteiger partial charge in [0.2, 0.25) is 5.88 Å². The van der Waals surface area contributed by atoms with Crippen LogP contribution in [0.4, 0.5) is 0 Å². The molecule has 0 spiro atoms. The normalized spacial score (nSPS) is 14.5. The van der Waals surface area contributed by atoms with Crippen LogP contribution in [-0.4, -0.2) is 30.1 Å². The Kier molecular flexibility index (Phi) is 4.94. The van der Waals surface area contributed by atoms with Gasteiger partial charge in [0.1, 0.15) is 13.2 Å². The highest BCUT2D eigenvalue weighted by Gasteiger charge is 2.18. The first-order valence-corrected chi connectivity index (χ1v) is 8.33. The molecule has 0 unspecified atom stereocenters. The molecule has 6 nitrogen and oxygen atoms in total. The molecule has 130 valence electrons. The molecule has 0 amide bonds. The van der Waals surface area contributed by atoms with Gasteiger partial charge in [0.15, 0.2) is 11.5 Å². The second-order valence-corrected chi connectivity index (χ2v) is 5.94. The maximum Gasteiger partial charge on any atom is 0.216 e. The molecule has 3 rings (SSSR count). The third-order valence-electron chi connectivity index (χ3n) is 4.38. The zero-order valence-electron chi connectivity index (χ0n) is 14.8. The number of ether oxygens (including phenoxy) is 3. The van der Waals surface area contributed by atoms with Gasteiger partial charge in [-0.15, -0.1) is 0 Å². The topological polar surface area (TPSA) is 57.5 Å². The van der Waals surface area contributed by atoms with Gasteiger partial charge in [-0.3, -0.25) is 0 Å². The summed E-state index contributed by atoms with van der Waals surface area (Å²) in [6, 6.07) is 6.39. The lowest BCUT2D eigenvalue weighted by molar-refractivity contribution is 0.171. The molecule has 0 saturated carbocycles. The van der Waals surface area contributed by atoms with Crippen LogP contribution in [0.3, 0.4) is 0 Å². The van der Waals surface area contributed by atoms with Crippen LogP contribution in [0.25, 0.3) is 0 Å². The summed E-state index contributed by atoms with van der Waals surface area (Å²) in [5.41, 5.74) is 3.28. The van der Waals surface area contributed by atoms with Crippen molar-refractivity contribution in [3.05, 3.63) is 35.0 Å². The Morgan fingerprint density at radius 1 is 1.29 bits per heavy atom. The van der Waals surface area contributed by atoms with Gasteiger partial charge in [-0.05, 0) is 31.0 Å². The second kappa shape index (κ2) is 7.13. The third kappa shape index (κ3) is 3.19. The van der Waals surface area contributed by atoms with Crippen molar-refractivity contribution in [3.63, 3.8) is 0 Å². The van der Waals surface area contributed by atoms with E-state index in [1.165, 1.54) is 5.56 Å². The molecule has 0 aliphatic carbocycles. The summed E-state index contributed by atoms with van der Waals surface area (Å²) in [5.74, 6) is 2.45. The fraction of sp³-hybridized carbons (Fsp3) is 0.500. The first-order chi connectivity index (χ1) is 11.6. The molecule has 1 N–H and O–H groups in total. The second-order valence-electron chi connectivity index (χ2n) is 5.94. The predicted octanol–water partition coefficient (Wildman–Crippen LogP) is 2.75. The fourth-order valence-electron chi connectivity index (χ4n) is 3.14. The molecule has 0 radical (unpaired) electrons. The monoisotopic (exact) mass is 331 g/mol. The zero-order valence-corrected chi connectivity index (χ0v) is 14.8. The van der Waals surface area contributed by atoms with Crippen molar-refractivity contribution >= 4 is 0 Å². The largest absolute Gasteiger partial charge is 0.486 e. The first kappa shape index (κ1) is 16.6. The van der Waals surface area contributed by atoms with Crippen molar-refractivity contribution in [1.82, 2.24) is 15.1 Å². The Morgan fingerprint density at radius 2 is 2.04 bits per heavy atom. The lowest BCUT2D eigenvalue weighted by Crippen LogP contribution is -2.21. The molecule has 1 aromatic heterocycles. The highest BCUT2D eigenvalue weighted by atomic mass is 16.6. The van der Waals surface area contributed by atoms with Gasteiger partial charge in [0.05, 0.1) is 18.4 Å². The number of methoxy groups -OCH3 is 1. The van der Waals surface area contributed by atoms with E-state index in [9.17, 15) is 0 Å². The van der Waals surface area contributed by atoms with Gasteiger partial charge >= 0.3 is 0 Å². The van der Waals surface area contributed by atoms with Crippen molar-refractivity contribution in [3.8, 4) is 17.4 Å². The lowest BCUT2D eigenvalue weighted by Gasteiger charge is -2.22. The third-order valence-corrected chi connectivity index (χ3v) is 4.38. The van der Waals surface area contributed by atoms with Gasteiger partial charge in [-0.1, -0.05) is 13.0 Å². The van der Waals surface area contributed by atoms with Crippen molar-refractivity contribution < 1.29 is 14.2 Å². The average molecular weight is 331 g/mol. The van der Waals surface area contributed by atoms with Crippen LogP contribution in [0.15, 0.2) is 18.2 Å². The minimum absolute atomic E-state index is 0.227. The van der Waals surface area contributed by atoms with Crippen molar-refractivity contribution in [2.24, 2.45) is 7.05 Å². The maximum absolute atomic E-state index is 5.69. The van der Waals surface area contributed by atoms with E-state index in [1.807, 2.05) is 20.0 Å². The smallest absolute Gasteiger partial charge is 0.216 e. The number of aryl methyl sites for hydroxylation is 2. The van der Waals surface area contributed by atoms with E-state index in [4.69, 9.17) is 14.2 Å². The van der Waals surface area contributed by atoms with E-state index >= 15 is 0 Å². The van der Waals surface area contributed by atoms with E-state index in [0.717, 1.165) is 35.1 Å². The van der Waals surface area contributed by atoms with Crippen LogP contribution in [0.2, 0.25) is 0 Å². The Balaban J connectivity index is 1.76. The number of nitrogens with zero attached hydrogens (tertiary/aromatic N) is 2. The predicted molar refractivity (Wildman–Crippen MR) is 91.8 cm³/mol. The van der Waals surface area contributed by atoms with Gasteiger partial charge in [0.25, 0.3) is 0 Å². The summed E-state index contributed by atoms with van der Waals surface area (Å²) in [6.07, 6.45) is 0.973. The van der Waals surface area contributed by atoms with Crippen molar-refractivity contribution in [2.75, 3.05) is 20.3 Å². The molecule has 6 heteroatoms. The highest BCUT2D eigenvalue weighted by molar-refractivity contribution is 5.44. The summed E-state index contributed by atoms with van der Waals surface area (Å²) in [7, 11) is 3.57. The zero-order chi connectivity index (χ0) is 17.1. The van der Waals surface area contributed by atoms with Gasteiger partial charge in [-0.25, -0.2) is 4.68 Å². The molecular weight excluding hydrogens is 306 g/mol. The Bertz CT molecular complexity index is 712. The number of nitrogens with one attached hydrogen (secondary N) is 1. The average Bonchev–Trinajstić information content (AvgIpc) is 2.88. The minimum Gasteiger partial charge on any atom is -0.486 e. The number of rotatable bonds is 6. The van der Waals surface area contributed by atoms with E-state index < -0.39 is 0 Å². The highest BCUT2D eigenvalue weighted by Crippen LogP contribution is 2.33. The SMILES string of the molecule is CC[C@H](NCc1c(C)nn(C)c1OC)c1ccc2c(c1)OCCO2. The molecule has 1 aliphatic rings. The van der Waals surface area contributed by atoms with Crippen LogP contribution in [0, 0.1) is 6.92 Å². The number of hydrogen-bond donors (Lipinski definition) is 1. The molecule has 0 fully saturated rings. The Morgan fingerprint density at radius 3 is 2.75 bits per heavy atom. The summed E-state index contributed by atoms with van der Waals surface area (Å²) in [4.78, 5) is 0. The van der Waals surface area contributed by atoms with E-state index in [-0.39, 0.29) is 6.04 Å². The number of aromatic nitrogens is 2. The standard InChI is InChI=1S/C18H25N3O3/c1-5-15(13-6-7-16-17(10-13)24-9-8-23-16)19-11-14-12(2)20-21(3)18(14)22-4/h6-7,10,15,19H,5,8-9,11H2,1-4H3/t15-/m0/s1. The molecule has 0 saturated heterocycles. The maximum atomic E-state index is 5.69. The summed E-state index contributed by atoms with van der Waals surface area (Å²) >= 11 is 0. The van der Waals surface area contributed by atoms with E-state index in [1.54, 1.807) is 11.8 Å². The number of fused-ring (bicyclic) bond motifs is 1. The van der Waals surface area contributed by atoms with Gasteiger partial charge < -0.3 is 19.5 Å². The molecule has 2 heterocycles. The van der Waals surface area contributed by atoms with Gasteiger partial charge in [-0.2, -0.15) is 5.10 Å². The number of hydrogen-bond acceptors (Lipinski definition) is 5. The molecule has 1 atom stereocenters. The minimum atomic E-state index is 0.227. The number of benzene rings is 1. The van der Waals surface area contributed by atoms with Crippen LogP contribution in [0.1, 0.15) is 36.2 Å². The molecule has 1 aromatic carbocycles.